The molecule has 0 fully saturated rings. The highest BCUT2D eigenvalue weighted by Crippen LogP contribution is 2.17. The molecule has 8 heteroatoms. The first kappa shape index (κ1) is 10.9. The summed E-state index contributed by atoms with van der Waals surface area (Å²) in [5.74, 6) is -1.18. The number of halogens is 2. The van der Waals surface area contributed by atoms with E-state index in [0.29, 0.717) is 0 Å². The lowest BCUT2D eigenvalue weighted by atomic mass is 10.4. The second-order valence-corrected chi connectivity index (χ2v) is 4.23. The Kier molecular flexibility index (Phi) is 3.07. The summed E-state index contributed by atoms with van der Waals surface area (Å²) >= 11 is 6.43. The minimum Gasteiger partial charge on any atom is -0.317 e. The minimum absolute atomic E-state index is 0.0336. The van der Waals surface area contributed by atoms with Gasteiger partial charge in [-0.05, 0) is 17.7 Å². The van der Waals surface area contributed by atoms with Gasteiger partial charge < -0.3 is 5.32 Å². The first-order chi connectivity index (χ1) is 7.66. The topological polar surface area (TPSA) is 67.8 Å². The lowest BCUT2D eigenvalue weighted by molar-refractivity contribution is 0.102. The molecule has 0 bridgehead atoms. The fourth-order valence-electron chi connectivity index (χ4n) is 0.949. The van der Waals surface area contributed by atoms with E-state index in [0.717, 1.165) is 17.5 Å². The van der Waals surface area contributed by atoms with Crippen LogP contribution in [0.1, 0.15) is 9.80 Å². The van der Waals surface area contributed by atoms with Crippen molar-refractivity contribution in [1.82, 2.24) is 15.2 Å². The zero-order chi connectivity index (χ0) is 11.5. The maximum Gasteiger partial charge on any atom is 0.286 e. The molecule has 0 saturated heterocycles. The van der Waals surface area contributed by atoms with Crippen LogP contribution in [-0.2, 0) is 0 Å². The minimum atomic E-state index is -0.619. The summed E-state index contributed by atoms with van der Waals surface area (Å²) in [6, 6.07) is 1.34. The van der Waals surface area contributed by atoms with Crippen LogP contribution < -0.4 is 5.32 Å². The van der Waals surface area contributed by atoms with E-state index in [1.165, 1.54) is 12.3 Å². The van der Waals surface area contributed by atoms with Crippen LogP contribution in [0.3, 0.4) is 0 Å². The standard InChI is InChI=1S/C8H4ClFN4OS/c9-8-14-13-7(16-8)6(15)12-5-1-2-11-3-4(5)10/h1-3H,(H,11,12,15). The number of nitrogens with zero attached hydrogens (tertiary/aromatic N) is 3. The van der Waals surface area contributed by atoms with E-state index in [2.05, 4.69) is 20.5 Å². The smallest absolute Gasteiger partial charge is 0.286 e. The second kappa shape index (κ2) is 4.50. The molecule has 16 heavy (non-hydrogen) atoms. The van der Waals surface area contributed by atoms with Gasteiger partial charge in [-0.1, -0.05) is 11.3 Å². The molecule has 2 rings (SSSR count). The number of aromatic nitrogens is 3. The summed E-state index contributed by atoms with van der Waals surface area (Å²) in [7, 11) is 0. The first-order valence-electron chi connectivity index (χ1n) is 4.06. The Morgan fingerprint density at radius 2 is 2.31 bits per heavy atom. The molecule has 0 saturated carbocycles. The molecule has 2 aromatic heterocycles. The highest BCUT2D eigenvalue weighted by Gasteiger charge is 2.13. The van der Waals surface area contributed by atoms with Crippen LogP contribution in [0.25, 0.3) is 0 Å². The lowest BCUT2D eigenvalue weighted by Crippen LogP contribution is -2.12. The van der Waals surface area contributed by atoms with Gasteiger partial charge in [-0.3, -0.25) is 9.78 Å². The summed E-state index contributed by atoms with van der Waals surface area (Å²) in [5, 5.41) is 9.40. The van der Waals surface area contributed by atoms with Crippen LogP contribution in [-0.4, -0.2) is 21.1 Å². The van der Waals surface area contributed by atoms with Crippen molar-refractivity contribution in [3.63, 3.8) is 0 Å². The fraction of sp³-hybridized carbons (Fsp3) is 0. The fourth-order valence-corrected chi connectivity index (χ4v) is 1.67. The van der Waals surface area contributed by atoms with E-state index in [-0.39, 0.29) is 15.2 Å². The van der Waals surface area contributed by atoms with Crippen LogP contribution in [0.4, 0.5) is 10.1 Å². The highest BCUT2D eigenvalue weighted by atomic mass is 35.5. The van der Waals surface area contributed by atoms with Crippen molar-refractivity contribution in [3.8, 4) is 0 Å². The summed E-state index contributed by atoms with van der Waals surface area (Å²) in [6.07, 6.45) is 2.37. The number of anilines is 1. The molecule has 0 spiro atoms. The Balaban J connectivity index is 2.17. The number of carbonyl (C=O) groups is 1. The van der Waals surface area contributed by atoms with E-state index in [9.17, 15) is 9.18 Å². The molecule has 5 nitrogen and oxygen atoms in total. The molecule has 0 unspecified atom stereocenters. The largest absolute Gasteiger partial charge is 0.317 e. The molecule has 0 aliphatic carbocycles. The van der Waals surface area contributed by atoms with Gasteiger partial charge in [0.1, 0.15) is 0 Å². The quantitative estimate of drug-likeness (QED) is 0.894. The molecule has 2 aromatic rings. The zero-order valence-corrected chi connectivity index (χ0v) is 9.22. The van der Waals surface area contributed by atoms with Crippen molar-refractivity contribution >= 4 is 34.5 Å². The third kappa shape index (κ3) is 2.31. The summed E-state index contributed by atoms with van der Waals surface area (Å²) in [5.41, 5.74) is 0.0336. The van der Waals surface area contributed by atoms with E-state index in [1.807, 2.05) is 0 Å². The predicted octanol–water partition coefficient (Wildman–Crippen LogP) is 1.98. The molecule has 0 atom stereocenters. The summed E-state index contributed by atoms with van der Waals surface area (Å²) < 4.78 is 13.3. The third-order valence-corrected chi connectivity index (χ3v) is 2.63. The number of carbonyl (C=O) groups excluding carboxylic acids is 1. The lowest BCUT2D eigenvalue weighted by Gasteiger charge is -2.02. The maximum absolute atomic E-state index is 13.1. The molecule has 0 radical (unpaired) electrons. The van der Waals surface area contributed by atoms with E-state index in [1.54, 1.807) is 0 Å². The second-order valence-electron chi connectivity index (χ2n) is 2.67. The highest BCUT2D eigenvalue weighted by molar-refractivity contribution is 7.17. The SMILES string of the molecule is O=C(Nc1ccncc1F)c1nnc(Cl)s1. The number of rotatable bonds is 2. The normalized spacial score (nSPS) is 10.1. The Morgan fingerprint density at radius 1 is 1.50 bits per heavy atom. The van der Waals surface area contributed by atoms with Crippen LogP contribution in [0.15, 0.2) is 18.5 Å². The molecule has 0 aromatic carbocycles. The third-order valence-electron chi connectivity index (χ3n) is 1.62. The number of hydrogen-bond acceptors (Lipinski definition) is 5. The van der Waals surface area contributed by atoms with Crippen LogP contribution in [0.2, 0.25) is 4.47 Å². The Hall–Kier alpha value is -1.60. The van der Waals surface area contributed by atoms with Gasteiger partial charge in [0.25, 0.3) is 5.91 Å². The molecule has 0 aliphatic heterocycles. The maximum atomic E-state index is 13.1. The Bertz CT molecular complexity index is 532. The molecule has 0 aliphatic rings. The molecular formula is C8H4ClFN4OS. The zero-order valence-electron chi connectivity index (χ0n) is 7.65. The number of pyridine rings is 1. The first-order valence-corrected chi connectivity index (χ1v) is 5.26. The Morgan fingerprint density at radius 3 is 2.94 bits per heavy atom. The Labute approximate surface area is 98.3 Å². The number of nitrogens with one attached hydrogen (secondary N) is 1. The van der Waals surface area contributed by atoms with Gasteiger partial charge in [-0.25, -0.2) is 4.39 Å². The van der Waals surface area contributed by atoms with Gasteiger partial charge in [0.15, 0.2) is 5.82 Å². The summed E-state index contributed by atoms with van der Waals surface area (Å²) in [6.45, 7) is 0. The van der Waals surface area contributed by atoms with Gasteiger partial charge in [0.2, 0.25) is 9.47 Å². The van der Waals surface area contributed by atoms with Crippen molar-refractivity contribution in [1.29, 1.82) is 0 Å². The van der Waals surface area contributed by atoms with Crippen molar-refractivity contribution < 1.29 is 9.18 Å². The van der Waals surface area contributed by atoms with Gasteiger partial charge in [-0.2, -0.15) is 0 Å². The van der Waals surface area contributed by atoms with E-state index in [4.69, 9.17) is 11.6 Å². The predicted molar refractivity (Wildman–Crippen MR) is 57.1 cm³/mol. The molecule has 1 N–H and O–H groups in total. The average molecular weight is 259 g/mol. The van der Waals surface area contributed by atoms with Crippen molar-refractivity contribution in [2.24, 2.45) is 0 Å². The molecular weight excluding hydrogens is 255 g/mol. The molecule has 2 heterocycles. The van der Waals surface area contributed by atoms with E-state index >= 15 is 0 Å². The number of hydrogen-bond donors (Lipinski definition) is 1. The van der Waals surface area contributed by atoms with Crippen LogP contribution >= 0.6 is 22.9 Å². The van der Waals surface area contributed by atoms with Crippen LogP contribution in [0.5, 0.6) is 0 Å². The van der Waals surface area contributed by atoms with Gasteiger partial charge in [0.05, 0.1) is 11.9 Å². The van der Waals surface area contributed by atoms with Crippen LogP contribution in [0, 0.1) is 5.82 Å². The van der Waals surface area contributed by atoms with Gasteiger partial charge in [-0.15, -0.1) is 10.2 Å². The van der Waals surface area contributed by atoms with Crippen molar-refractivity contribution in [3.05, 3.63) is 33.8 Å². The van der Waals surface area contributed by atoms with Gasteiger partial charge in [0, 0.05) is 6.20 Å². The number of amides is 1. The monoisotopic (exact) mass is 258 g/mol. The molecule has 1 amide bonds. The van der Waals surface area contributed by atoms with Crippen molar-refractivity contribution in [2.45, 2.75) is 0 Å². The van der Waals surface area contributed by atoms with Gasteiger partial charge >= 0.3 is 0 Å². The molecule has 82 valence electrons. The summed E-state index contributed by atoms with van der Waals surface area (Å²) in [4.78, 5) is 15.1. The average Bonchev–Trinajstić information content (AvgIpc) is 2.68. The van der Waals surface area contributed by atoms with Crippen molar-refractivity contribution in [2.75, 3.05) is 5.32 Å². The van der Waals surface area contributed by atoms with E-state index < -0.39 is 11.7 Å².